The molecule has 3 N–H and O–H groups in total. The van der Waals surface area contributed by atoms with Crippen LogP contribution in [0.1, 0.15) is 29.6 Å². The second kappa shape index (κ2) is 5.53. The Labute approximate surface area is 109 Å². The monoisotopic (exact) mass is 269 g/mol. The van der Waals surface area contributed by atoms with Gasteiger partial charge < -0.3 is 15.5 Å². The predicted molar refractivity (Wildman–Crippen MR) is 68.0 cm³/mol. The van der Waals surface area contributed by atoms with Crippen molar-refractivity contribution in [3.63, 3.8) is 0 Å². The number of nitrogens with one attached hydrogen (secondary N) is 1. The number of aromatic nitrogens is 2. The maximum Gasteiger partial charge on any atom is 0.341 e. The van der Waals surface area contributed by atoms with E-state index in [1.807, 2.05) is 6.26 Å². The van der Waals surface area contributed by atoms with E-state index in [1.165, 1.54) is 18.0 Å². The van der Waals surface area contributed by atoms with Crippen LogP contribution in [0.15, 0.2) is 11.4 Å². The van der Waals surface area contributed by atoms with Gasteiger partial charge in [0.1, 0.15) is 11.4 Å². The molecular formula is C11H15N3O3S. The number of nitrogens with zero attached hydrogens (tertiary/aromatic N) is 2. The number of rotatable bonds is 4. The van der Waals surface area contributed by atoms with Gasteiger partial charge in [-0.25, -0.2) is 14.8 Å². The van der Waals surface area contributed by atoms with Crippen molar-refractivity contribution in [3.05, 3.63) is 11.8 Å². The van der Waals surface area contributed by atoms with Crippen molar-refractivity contribution < 1.29 is 15.0 Å². The van der Waals surface area contributed by atoms with E-state index in [0.717, 1.165) is 19.3 Å². The Balaban J connectivity index is 2.25. The minimum atomic E-state index is -1.07. The fourth-order valence-electron chi connectivity index (χ4n) is 2.01. The van der Waals surface area contributed by atoms with E-state index in [-0.39, 0.29) is 17.4 Å². The van der Waals surface area contributed by atoms with Crippen molar-refractivity contribution in [1.29, 1.82) is 0 Å². The van der Waals surface area contributed by atoms with Crippen LogP contribution in [0.2, 0.25) is 0 Å². The molecule has 0 spiro atoms. The van der Waals surface area contributed by atoms with Crippen molar-refractivity contribution in [3.8, 4) is 0 Å². The number of thioether (sulfide) groups is 1. The highest BCUT2D eigenvalue weighted by molar-refractivity contribution is 7.98. The molecule has 0 unspecified atom stereocenters. The van der Waals surface area contributed by atoms with Gasteiger partial charge in [-0.05, 0) is 25.5 Å². The normalized spacial score (nSPS) is 23.0. The maximum absolute atomic E-state index is 11.1. The van der Waals surface area contributed by atoms with Crippen LogP contribution in [-0.2, 0) is 0 Å². The van der Waals surface area contributed by atoms with Gasteiger partial charge in [-0.15, -0.1) is 0 Å². The number of aliphatic hydroxyl groups is 1. The molecule has 0 aliphatic heterocycles. The second-order valence-electron chi connectivity index (χ2n) is 4.17. The molecule has 1 fully saturated rings. The molecule has 0 saturated heterocycles. The Morgan fingerprint density at radius 2 is 2.33 bits per heavy atom. The quantitative estimate of drug-likeness (QED) is 0.558. The number of carboxylic acid groups (broad SMARTS) is 1. The first-order valence-corrected chi connectivity index (χ1v) is 6.93. The molecule has 1 heterocycles. The topological polar surface area (TPSA) is 95.3 Å². The first-order valence-electron chi connectivity index (χ1n) is 5.70. The SMILES string of the molecule is CSc1ncc(C(=O)O)c(N[C@H]2CCC[C@@H]2O)n1. The van der Waals surface area contributed by atoms with Crippen LogP contribution < -0.4 is 5.32 Å². The highest BCUT2D eigenvalue weighted by atomic mass is 32.2. The van der Waals surface area contributed by atoms with E-state index >= 15 is 0 Å². The summed E-state index contributed by atoms with van der Waals surface area (Å²) in [5.41, 5.74) is 0.0342. The number of carboxylic acids is 1. The van der Waals surface area contributed by atoms with Crippen LogP contribution >= 0.6 is 11.8 Å². The summed E-state index contributed by atoms with van der Waals surface area (Å²) in [6, 6.07) is -0.132. The van der Waals surface area contributed by atoms with Crippen molar-refractivity contribution in [1.82, 2.24) is 9.97 Å². The minimum absolute atomic E-state index is 0.0342. The van der Waals surface area contributed by atoms with Crippen LogP contribution in [0.4, 0.5) is 5.82 Å². The van der Waals surface area contributed by atoms with E-state index in [4.69, 9.17) is 5.11 Å². The van der Waals surface area contributed by atoms with Crippen LogP contribution in [0, 0.1) is 0 Å². The third-order valence-corrected chi connectivity index (χ3v) is 3.54. The molecule has 1 aromatic rings. The fraction of sp³-hybridized carbons (Fsp3) is 0.545. The van der Waals surface area contributed by atoms with Gasteiger partial charge in [0, 0.05) is 6.20 Å². The summed E-state index contributed by atoms with van der Waals surface area (Å²) in [7, 11) is 0. The Kier molecular flexibility index (Phi) is 4.03. The molecule has 0 amide bonds. The number of aromatic carboxylic acids is 1. The summed E-state index contributed by atoms with van der Waals surface area (Å²) < 4.78 is 0. The molecule has 7 heteroatoms. The zero-order chi connectivity index (χ0) is 13.1. The zero-order valence-corrected chi connectivity index (χ0v) is 10.8. The van der Waals surface area contributed by atoms with Gasteiger partial charge >= 0.3 is 5.97 Å². The molecule has 0 bridgehead atoms. The lowest BCUT2D eigenvalue weighted by atomic mass is 10.2. The summed E-state index contributed by atoms with van der Waals surface area (Å²) in [5, 5.41) is 22.4. The molecule has 0 aromatic carbocycles. The highest BCUT2D eigenvalue weighted by Crippen LogP contribution is 2.24. The summed E-state index contributed by atoms with van der Waals surface area (Å²) >= 11 is 1.34. The third-order valence-electron chi connectivity index (χ3n) is 2.98. The lowest BCUT2D eigenvalue weighted by molar-refractivity contribution is 0.0696. The van der Waals surface area contributed by atoms with E-state index in [0.29, 0.717) is 5.16 Å². The van der Waals surface area contributed by atoms with Crippen molar-refractivity contribution in [2.75, 3.05) is 11.6 Å². The molecule has 2 atom stereocenters. The number of carbonyl (C=O) groups is 1. The number of hydrogen-bond acceptors (Lipinski definition) is 6. The summed E-state index contributed by atoms with van der Waals surface area (Å²) in [6.45, 7) is 0. The number of anilines is 1. The molecule has 1 aliphatic carbocycles. The Bertz CT molecular complexity index is 455. The Morgan fingerprint density at radius 3 is 2.89 bits per heavy atom. The number of aliphatic hydroxyl groups excluding tert-OH is 1. The standard InChI is InChI=1S/C11H15N3O3S/c1-18-11-12-5-6(10(16)17)9(14-11)13-7-3-2-4-8(7)15/h5,7-8,15H,2-4H2,1H3,(H,16,17)(H,12,13,14)/t7-,8-/m0/s1. The van der Waals surface area contributed by atoms with Crippen LogP contribution in [0.3, 0.4) is 0 Å². The van der Waals surface area contributed by atoms with Gasteiger partial charge in [-0.1, -0.05) is 11.8 Å². The molecule has 98 valence electrons. The van der Waals surface area contributed by atoms with Gasteiger partial charge in [-0.3, -0.25) is 0 Å². The lowest BCUT2D eigenvalue weighted by Crippen LogP contribution is -2.29. The molecule has 0 radical (unpaired) electrons. The average molecular weight is 269 g/mol. The molecule has 6 nitrogen and oxygen atoms in total. The molecule has 1 saturated carbocycles. The maximum atomic E-state index is 11.1. The smallest absolute Gasteiger partial charge is 0.341 e. The fourth-order valence-corrected chi connectivity index (χ4v) is 2.36. The minimum Gasteiger partial charge on any atom is -0.477 e. The van der Waals surface area contributed by atoms with Gasteiger partial charge in [0.15, 0.2) is 5.16 Å². The largest absolute Gasteiger partial charge is 0.477 e. The molecule has 1 aliphatic rings. The zero-order valence-electron chi connectivity index (χ0n) is 9.96. The molecule has 18 heavy (non-hydrogen) atoms. The molecular weight excluding hydrogens is 254 g/mol. The van der Waals surface area contributed by atoms with E-state index < -0.39 is 12.1 Å². The lowest BCUT2D eigenvalue weighted by Gasteiger charge is -2.18. The second-order valence-corrected chi connectivity index (χ2v) is 4.95. The molecule has 1 aromatic heterocycles. The van der Waals surface area contributed by atoms with Crippen LogP contribution in [0.5, 0.6) is 0 Å². The van der Waals surface area contributed by atoms with Crippen molar-refractivity contribution in [2.45, 2.75) is 36.6 Å². The van der Waals surface area contributed by atoms with Crippen molar-refractivity contribution >= 4 is 23.5 Å². The summed E-state index contributed by atoms with van der Waals surface area (Å²) in [6.07, 6.45) is 5.16. The van der Waals surface area contributed by atoms with Gasteiger partial charge in [0.2, 0.25) is 0 Å². The highest BCUT2D eigenvalue weighted by Gasteiger charge is 2.27. The molecule has 2 rings (SSSR count). The third kappa shape index (κ3) is 2.73. The summed E-state index contributed by atoms with van der Waals surface area (Å²) in [4.78, 5) is 19.2. The van der Waals surface area contributed by atoms with Gasteiger partial charge in [-0.2, -0.15) is 0 Å². The van der Waals surface area contributed by atoms with E-state index in [9.17, 15) is 9.90 Å². The Hall–Kier alpha value is -1.34. The first kappa shape index (κ1) is 13.1. The van der Waals surface area contributed by atoms with Gasteiger partial charge in [0.25, 0.3) is 0 Å². The average Bonchev–Trinajstić information content (AvgIpc) is 2.74. The number of hydrogen-bond donors (Lipinski definition) is 3. The van der Waals surface area contributed by atoms with Crippen LogP contribution in [0.25, 0.3) is 0 Å². The van der Waals surface area contributed by atoms with Crippen LogP contribution in [-0.4, -0.2) is 44.6 Å². The van der Waals surface area contributed by atoms with Gasteiger partial charge in [0.05, 0.1) is 12.1 Å². The summed E-state index contributed by atoms with van der Waals surface area (Å²) in [5.74, 6) is -0.787. The Morgan fingerprint density at radius 1 is 1.56 bits per heavy atom. The first-order chi connectivity index (χ1) is 8.61. The van der Waals surface area contributed by atoms with E-state index in [2.05, 4.69) is 15.3 Å². The van der Waals surface area contributed by atoms with Crippen molar-refractivity contribution in [2.24, 2.45) is 0 Å². The predicted octanol–water partition coefficient (Wildman–Crippen LogP) is 1.22. The van der Waals surface area contributed by atoms with E-state index in [1.54, 1.807) is 0 Å².